The molecule has 3 rings (SSSR count). The van der Waals surface area contributed by atoms with Crippen molar-refractivity contribution in [3.8, 4) is 0 Å². The highest BCUT2D eigenvalue weighted by molar-refractivity contribution is 5.98. The first-order valence-electron chi connectivity index (χ1n) is 7.10. The molecule has 0 atom stereocenters. The molecule has 2 aliphatic rings. The van der Waals surface area contributed by atoms with Gasteiger partial charge in [0.2, 0.25) is 11.8 Å². The van der Waals surface area contributed by atoms with Crippen LogP contribution in [0, 0.1) is 5.41 Å². The molecule has 0 aromatic carbocycles. The number of imide groups is 1. The van der Waals surface area contributed by atoms with Crippen LogP contribution in [-0.4, -0.2) is 26.5 Å². The number of amides is 2. The van der Waals surface area contributed by atoms with Gasteiger partial charge in [0.1, 0.15) is 5.82 Å². The van der Waals surface area contributed by atoms with Crippen molar-refractivity contribution in [2.75, 3.05) is 5.73 Å². The highest BCUT2D eigenvalue weighted by atomic mass is 16.2. The molecule has 1 saturated heterocycles. The van der Waals surface area contributed by atoms with Gasteiger partial charge in [0.25, 0.3) is 0 Å². The summed E-state index contributed by atoms with van der Waals surface area (Å²) in [5, 5.41) is 4.05. The standard InChI is InChI=1S/C14H20N4O2/c1-17-13(15)10(8-16-17)9-18-11(19)6-14(7-12(18)20)4-2-3-5-14/h8H,2-7,9,15H2,1H3. The fourth-order valence-corrected chi connectivity index (χ4v) is 3.47. The molecule has 6 nitrogen and oxygen atoms in total. The first-order chi connectivity index (χ1) is 9.51. The summed E-state index contributed by atoms with van der Waals surface area (Å²) >= 11 is 0. The number of carbonyl (C=O) groups excluding carboxylic acids is 2. The van der Waals surface area contributed by atoms with Crippen molar-refractivity contribution in [3.63, 3.8) is 0 Å². The number of hydrogen-bond donors (Lipinski definition) is 1. The third kappa shape index (κ3) is 2.09. The molecule has 1 spiro atoms. The van der Waals surface area contributed by atoms with Gasteiger partial charge < -0.3 is 5.73 Å². The van der Waals surface area contributed by atoms with E-state index in [1.165, 1.54) is 4.90 Å². The summed E-state index contributed by atoms with van der Waals surface area (Å²) in [5.74, 6) is 0.379. The van der Waals surface area contributed by atoms with E-state index < -0.39 is 0 Å². The average molecular weight is 276 g/mol. The topological polar surface area (TPSA) is 81.2 Å². The lowest BCUT2D eigenvalue weighted by Crippen LogP contribution is -2.46. The van der Waals surface area contributed by atoms with Crippen LogP contribution in [0.15, 0.2) is 6.20 Å². The minimum Gasteiger partial charge on any atom is -0.384 e. The zero-order valence-corrected chi connectivity index (χ0v) is 11.8. The summed E-state index contributed by atoms with van der Waals surface area (Å²) < 4.78 is 1.55. The molecule has 2 heterocycles. The van der Waals surface area contributed by atoms with Crippen LogP contribution in [0.5, 0.6) is 0 Å². The van der Waals surface area contributed by atoms with Gasteiger partial charge in [0, 0.05) is 25.5 Å². The maximum Gasteiger partial charge on any atom is 0.230 e. The molecule has 1 aromatic heterocycles. The van der Waals surface area contributed by atoms with E-state index in [1.807, 2.05) is 0 Å². The molecule has 0 unspecified atom stereocenters. The van der Waals surface area contributed by atoms with Crippen molar-refractivity contribution in [1.29, 1.82) is 0 Å². The zero-order valence-electron chi connectivity index (χ0n) is 11.8. The smallest absolute Gasteiger partial charge is 0.230 e. The molecule has 0 radical (unpaired) electrons. The maximum atomic E-state index is 12.3. The molecular weight excluding hydrogens is 256 g/mol. The second-order valence-electron chi connectivity index (χ2n) is 6.11. The third-order valence-corrected chi connectivity index (χ3v) is 4.71. The van der Waals surface area contributed by atoms with E-state index in [4.69, 9.17) is 5.73 Å². The van der Waals surface area contributed by atoms with Crippen LogP contribution in [0.4, 0.5) is 5.82 Å². The van der Waals surface area contributed by atoms with Gasteiger partial charge in [-0.15, -0.1) is 0 Å². The van der Waals surface area contributed by atoms with Crippen molar-refractivity contribution in [2.45, 2.75) is 45.1 Å². The van der Waals surface area contributed by atoms with Gasteiger partial charge in [-0.05, 0) is 18.3 Å². The summed E-state index contributed by atoms with van der Waals surface area (Å²) in [6.07, 6.45) is 6.90. The van der Waals surface area contributed by atoms with Gasteiger partial charge in [-0.2, -0.15) is 5.10 Å². The Morgan fingerprint density at radius 2 is 1.85 bits per heavy atom. The van der Waals surface area contributed by atoms with Crippen molar-refractivity contribution in [3.05, 3.63) is 11.8 Å². The van der Waals surface area contributed by atoms with Crippen molar-refractivity contribution in [1.82, 2.24) is 14.7 Å². The summed E-state index contributed by atoms with van der Waals surface area (Å²) in [5.41, 5.74) is 6.56. The summed E-state index contributed by atoms with van der Waals surface area (Å²) in [4.78, 5) is 26.0. The lowest BCUT2D eigenvalue weighted by Gasteiger charge is -2.37. The van der Waals surface area contributed by atoms with E-state index in [0.29, 0.717) is 18.7 Å². The predicted molar refractivity (Wildman–Crippen MR) is 73.3 cm³/mol. The van der Waals surface area contributed by atoms with E-state index in [1.54, 1.807) is 17.9 Å². The van der Waals surface area contributed by atoms with E-state index >= 15 is 0 Å². The number of nitrogens with zero attached hydrogens (tertiary/aromatic N) is 3. The Balaban J connectivity index is 1.76. The largest absolute Gasteiger partial charge is 0.384 e. The molecule has 108 valence electrons. The minimum absolute atomic E-state index is 0.0504. The molecule has 1 aliphatic heterocycles. The molecule has 2 amide bonds. The predicted octanol–water partition coefficient (Wildman–Crippen LogP) is 1.21. The number of rotatable bonds is 2. The highest BCUT2D eigenvalue weighted by Gasteiger charge is 2.45. The van der Waals surface area contributed by atoms with Gasteiger partial charge >= 0.3 is 0 Å². The minimum atomic E-state index is -0.0635. The van der Waals surface area contributed by atoms with Gasteiger partial charge in [0.05, 0.1) is 12.7 Å². The molecular formula is C14H20N4O2. The van der Waals surface area contributed by atoms with Crippen molar-refractivity contribution < 1.29 is 9.59 Å². The molecule has 20 heavy (non-hydrogen) atoms. The van der Waals surface area contributed by atoms with Crippen LogP contribution in [0.1, 0.15) is 44.1 Å². The maximum absolute atomic E-state index is 12.3. The van der Waals surface area contributed by atoms with Crippen LogP contribution >= 0.6 is 0 Å². The van der Waals surface area contributed by atoms with Crippen LogP contribution in [-0.2, 0) is 23.2 Å². The molecule has 2 fully saturated rings. The third-order valence-electron chi connectivity index (χ3n) is 4.71. The first kappa shape index (κ1) is 13.1. The number of aryl methyl sites for hydroxylation is 1. The summed E-state index contributed by atoms with van der Waals surface area (Å²) in [6, 6.07) is 0. The van der Waals surface area contributed by atoms with Gasteiger partial charge in [-0.25, -0.2) is 0 Å². The van der Waals surface area contributed by atoms with Crippen LogP contribution in [0.25, 0.3) is 0 Å². The number of hydrogen-bond acceptors (Lipinski definition) is 4. The molecule has 2 N–H and O–H groups in total. The fourth-order valence-electron chi connectivity index (χ4n) is 3.47. The lowest BCUT2D eigenvalue weighted by molar-refractivity contribution is -0.154. The Morgan fingerprint density at radius 3 is 2.35 bits per heavy atom. The quantitative estimate of drug-likeness (QED) is 0.823. The normalized spacial score (nSPS) is 21.9. The van der Waals surface area contributed by atoms with Gasteiger partial charge in [-0.1, -0.05) is 12.8 Å². The molecule has 6 heteroatoms. The Morgan fingerprint density at radius 1 is 1.25 bits per heavy atom. The van der Waals surface area contributed by atoms with Gasteiger partial charge in [-0.3, -0.25) is 19.2 Å². The zero-order chi connectivity index (χ0) is 14.3. The Kier molecular flexibility index (Phi) is 3.03. The number of nitrogen functional groups attached to an aromatic ring is 1. The number of anilines is 1. The van der Waals surface area contributed by atoms with Crippen LogP contribution in [0.3, 0.4) is 0 Å². The van der Waals surface area contributed by atoms with Crippen LogP contribution < -0.4 is 5.73 Å². The average Bonchev–Trinajstić information content (AvgIpc) is 2.95. The second kappa shape index (κ2) is 4.61. The summed E-state index contributed by atoms with van der Waals surface area (Å²) in [6.45, 7) is 0.243. The summed E-state index contributed by atoms with van der Waals surface area (Å²) in [7, 11) is 1.74. The number of carbonyl (C=O) groups is 2. The Hall–Kier alpha value is -1.85. The second-order valence-corrected chi connectivity index (χ2v) is 6.11. The molecule has 1 saturated carbocycles. The van der Waals surface area contributed by atoms with Crippen molar-refractivity contribution in [2.24, 2.45) is 12.5 Å². The highest BCUT2D eigenvalue weighted by Crippen LogP contribution is 2.47. The Labute approximate surface area is 117 Å². The molecule has 1 aliphatic carbocycles. The monoisotopic (exact) mass is 276 g/mol. The number of likely N-dealkylation sites (tertiary alicyclic amines) is 1. The number of aromatic nitrogens is 2. The first-order valence-corrected chi connectivity index (χ1v) is 7.10. The van der Waals surface area contributed by atoms with E-state index in [9.17, 15) is 9.59 Å². The van der Waals surface area contributed by atoms with E-state index in [0.717, 1.165) is 31.2 Å². The lowest BCUT2D eigenvalue weighted by atomic mass is 9.76. The van der Waals surface area contributed by atoms with Crippen molar-refractivity contribution >= 4 is 17.6 Å². The van der Waals surface area contributed by atoms with E-state index in [2.05, 4.69) is 5.10 Å². The Bertz CT molecular complexity index is 538. The van der Waals surface area contributed by atoms with Crippen LogP contribution in [0.2, 0.25) is 0 Å². The molecule has 0 bridgehead atoms. The SMILES string of the molecule is Cn1ncc(CN2C(=O)CC3(CCCC3)CC2=O)c1N. The fraction of sp³-hybridized carbons (Fsp3) is 0.643. The van der Waals surface area contributed by atoms with E-state index in [-0.39, 0.29) is 23.8 Å². The van der Waals surface area contributed by atoms with Gasteiger partial charge in [0.15, 0.2) is 0 Å². The number of piperidine rings is 1. The molecule has 1 aromatic rings. The number of nitrogens with two attached hydrogens (primary N) is 1.